The Bertz CT molecular complexity index is 874. The van der Waals surface area contributed by atoms with Crippen LogP contribution in [0.5, 0.6) is 0 Å². The number of rotatable bonds is 5. The SMILES string of the molecule is CC(=O)Nc1cccc(/C(C)=N/NS(=O)(=O)c2ccc(C)cc2)n1. The van der Waals surface area contributed by atoms with Crippen molar-refractivity contribution in [2.45, 2.75) is 25.7 Å². The molecule has 1 heterocycles. The zero-order valence-corrected chi connectivity index (χ0v) is 14.4. The molecule has 2 N–H and O–H groups in total. The predicted molar refractivity (Wildman–Crippen MR) is 92.3 cm³/mol. The minimum atomic E-state index is -3.74. The standard InChI is InChI=1S/C16H18N4O3S/c1-11-7-9-14(10-8-11)24(22,23)20-19-12(2)15-5-4-6-16(18-15)17-13(3)21/h4-10,20H,1-3H3,(H,17,18,21)/b19-12+. The average molecular weight is 346 g/mol. The number of carbonyl (C=O) groups is 1. The molecular weight excluding hydrogens is 328 g/mol. The van der Waals surface area contributed by atoms with Crippen molar-refractivity contribution in [3.63, 3.8) is 0 Å². The molecular formula is C16H18N4O3S. The molecule has 0 bridgehead atoms. The first kappa shape index (κ1) is 17.6. The smallest absolute Gasteiger partial charge is 0.276 e. The summed E-state index contributed by atoms with van der Waals surface area (Å²) in [5, 5.41) is 6.45. The number of carbonyl (C=O) groups excluding carboxylic acids is 1. The Kier molecular flexibility index (Phi) is 5.30. The fourth-order valence-corrected chi connectivity index (χ4v) is 2.70. The highest BCUT2D eigenvalue weighted by Gasteiger charge is 2.13. The molecule has 1 aromatic heterocycles. The molecule has 0 saturated carbocycles. The van der Waals surface area contributed by atoms with Crippen LogP contribution in [0.3, 0.4) is 0 Å². The van der Waals surface area contributed by atoms with Gasteiger partial charge in [0, 0.05) is 6.92 Å². The van der Waals surface area contributed by atoms with Crippen molar-refractivity contribution in [3.05, 3.63) is 53.7 Å². The molecule has 1 amide bonds. The highest BCUT2D eigenvalue weighted by atomic mass is 32.2. The third-order valence-corrected chi connectivity index (χ3v) is 4.31. The maximum absolute atomic E-state index is 12.2. The number of nitrogens with zero attached hydrogens (tertiary/aromatic N) is 2. The summed E-state index contributed by atoms with van der Waals surface area (Å²) in [4.78, 5) is 17.6. The molecule has 2 aromatic rings. The van der Waals surface area contributed by atoms with Crippen molar-refractivity contribution in [1.29, 1.82) is 0 Å². The summed E-state index contributed by atoms with van der Waals surface area (Å²) < 4.78 is 24.4. The molecule has 2 rings (SSSR count). The van der Waals surface area contributed by atoms with Crippen LogP contribution < -0.4 is 10.1 Å². The Morgan fingerprint density at radius 3 is 2.38 bits per heavy atom. The van der Waals surface area contributed by atoms with Gasteiger partial charge in [-0.25, -0.2) is 4.98 Å². The molecule has 126 valence electrons. The summed E-state index contributed by atoms with van der Waals surface area (Å²) >= 11 is 0. The lowest BCUT2D eigenvalue weighted by Gasteiger charge is -2.07. The molecule has 0 aliphatic carbocycles. The highest BCUT2D eigenvalue weighted by molar-refractivity contribution is 7.89. The first-order valence-electron chi connectivity index (χ1n) is 7.16. The first-order valence-corrected chi connectivity index (χ1v) is 8.64. The van der Waals surface area contributed by atoms with Gasteiger partial charge in [-0.3, -0.25) is 4.79 Å². The van der Waals surface area contributed by atoms with Crippen molar-refractivity contribution in [2.75, 3.05) is 5.32 Å². The lowest BCUT2D eigenvalue weighted by Crippen LogP contribution is -2.20. The molecule has 0 aliphatic rings. The van der Waals surface area contributed by atoms with Crippen molar-refractivity contribution >= 4 is 27.5 Å². The van der Waals surface area contributed by atoms with Crippen LogP contribution >= 0.6 is 0 Å². The second-order valence-electron chi connectivity index (χ2n) is 5.19. The largest absolute Gasteiger partial charge is 0.311 e. The normalized spacial score (nSPS) is 11.9. The lowest BCUT2D eigenvalue weighted by molar-refractivity contribution is -0.114. The van der Waals surface area contributed by atoms with E-state index >= 15 is 0 Å². The van der Waals surface area contributed by atoms with Gasteiger partial charge >= 0.3 is 0 Å². The van der Waals surface area contributed by atoms with Crippen LogP contribution in [0.4, 0.5) is 5.82 Å². The molecule has 24 heavy (non-hydrogen) atoms. The second-order valence-corrected chi connectivity index (χ2v) is 6.86. The number of amides is 1. The van der Waals surface area contributed by atoms with Crippen LogP contribution in [0.2, 0.25) is 0 Å². The molecule has 0 fully saturated rings. The number of hydrogen-bond donors (Lipinski definition) is 2. The van der Waals surface area contributed by atoms with Crippen molar-refractivity contribution in [1.82, 2.24) is 9.82 Å². The van der Waals surface area contributed by atoms with Crippen LogP contribution in [0, 0.1) is 6.92 Å². The minimum Gasteiger partial charge on any atom is -0.311 e. The van der Waals surface area contributed by atoms with E-state index in [0.717, 1.165) is 5.56 Å². The van der Waals surface area contributed by atoms with E-state index < -0.39 is 10.0 Å². The number of sulfonamides is 1. The van der Waals surface area contributed by atoms with Gasteiger partial charge in [0.05, 0.1) is 16.3 Å². The number of anilines is 1. The second kappa shape index (κ2) is 7.22. The number of aromatic nitrogens is 1. The molecule has 1 aromatic carbocycles. The number of benzene rings is 1. The van der Waals surface area contributed by atoms with Gasteiger partial charge in [0.15, 0.2) is 0 Å². The van der Waals surface area contributed by atoms with E-state index in [-0.39, 0.29) is 10.8 Å². The van der Waals surface area contributed by atoms with Crippen LogP contribution in [-0.4, -0.2) is 25.0 Å². The number of nitrogens with one attached hydrogen (secondary N) is 2. The van der Waals surface area contributed by atoms with Gasteiger partial charge in [-0.15, -0.1) is 0 Å². The van der Waals surface area contributed by atoms with E-state index in [9.17, 15) is 13.2 Å². The Balaban J connectivity index is 2.19. The van der Waals surface area contributed by atoms with E-state index in [4.69, 9.17) is 0 Å². The highest BCUT2D eigenvalue weighted by Crippen LogP contribution is 2.10. The summed E-state index contributed by atoms with van der Waals surface area (Å²) in [7, 11) is -3.74. The fraction of sp³-hybridized carbons (Fsp3) is 0.188. The van der Waals surface area contributed by atoms with Gasteiger partial charge in [0.25, 0.3) is 10.0 Å². The summed E-state index contributed by atoms with van der Waals surface area (Å²) in [5.74, 6) is 0.130. The summed E-state index contributed by atoms with van der Waals surface area (Å²) in [6.07, 6.45) is 0. The molecule has 0 unspecified atom stereocenters. The summed E-state index contributed by atoms with van der Waals surface area (Å²) in [6.45, 7) is 4.88. The van der Waals surface area contributed by atoms with Gasteiger partial charge in [0.2, 0.25) is 5.91 Å². The van der Waals surface area contributed by atoms with Crippen LogP contribution in [-0.2, 0) is 14.8 Å². The van der Waals surface area contributed by atoms with Crippen molar-refractivity contribution in [3.8, 4) is 0 Å². The van der Waals surface area contributed by atoms with Crippen LogP contribution in [0.1, 0.15) is 25.1 Å². The summed E-state index contributed by atoms with van der Waals surface area (Å²) in [6, 6.07) is 11.4. The topological polar surface area (TPSA) is 101 Å². The van der Waals surface area contributed by atoms with Gasteiger partial charge < -0.3 is 5.32 Å². The minimum absolute atomic E-state index is 0.129. The van der Waals surface area contributed by atoms with Gasteiger partial charge in [-0.1, -0.05) is 23.8 Å². The lowest BCUT2D eigenvalue weighted by atomic mass is 10.2. The van der Waals surface area contributed by atoms with E-state index in [1.165, 1.54) is 19.1 Å². The van der Waals surface area contributed by atoms with E-state index in [2.05, 4.69) is 20.2 Å². The van der Waals surface area contributed by atoms with E-state index in [1.54, 1.807) is 37.3 Å². The van der Waals surface area contributed by atoms with Gasteiger partial charge in [0.1, 0.15) is 5.82 Å². The van der Waals surface area contributed by atoms with Gasteiger partial charge in [-0.2, -0.15) is 18.4 Å². The Hall–Kier alpha value is -2.74. The maximum atomic E-state index is 12.2. The quantitative estimate of drug-likeness (QED) is 0.639. The van der Waals surface area contributed by atoms with Crippen molar-refractivity contribution in [2.24, 2.45) is 5.10 Å². The Morgan fingerprint density at radius 2 is 1.75 bits per heavy atom. The third kappa shape index (κ3) is 4.63. The Labute approximate surface area is 140 Å². The fourth-order valence-electron chi connectivity index (χ4n) is 1.84. The zero-order valence-electron chi connectivity index (χ0n) is 13.6. The molecule has 0 saturated heterocycles. The molecule has 8 heteroatoms. The molecule has 0 radical (unpaired) electrons. The molecule has 0 spiro atoms. The molecule has 0 aliphatic heterocycles. The Morgan fingerprint density at radius 1 is 1.08 bits per heavy atom. The van der Waals surface area contributed by atoms with Crippen molar-refractivity contribution < 1.29 is 13.2 Å². The average Bonchev–Trinajstić information content (AvgIpc) is 2.53. The number of aryl methyl sites for hydroxylation is 1. The van der Waals surface area contributed by atoms with Crippen LogP contribution in [0.25, 0.3) is 0 Å². The monoisotopic (exact) mass is 346 g/mol. The first-order chi connectivity index (χ1) is 11.3. The van der Waals surface area contributed by atoms with Gasteiger partial charge in [-0.05, 0) is 38.1 Å². The maximum Gasteiger partial charge on any atom is 0.276 e. The van der Waals surface area contributed by atoms with E-state index in [1.807, 2.05) is 6.92 Å². The third-order valence-electron chi connectivity index (χ3n) is 3.09. The number of hydrogen-bond acceptors (Lipinski definition) is 5. The van der Waals surface area contributed by atoms with E-state index in [0.29, 0.717) is 17.2 Å². The molecule has 0 atom stereocenters. The number of pyridine rings is 1. The zero-order chi connectivity index (χ0) is 17.7. The predicted octanol–water partition coefficient (Wildman–Crippen LogP) is 2.05. The number of hydrazone groups is 1. The molecule has 7 nitrogen and oxygen atoms in total. The summed E-state index contributed by atoms with van der Waals surface area (Å²) in [5.41, 5.74) is 1.79. The van der Waals surface area contributed by atoms with Crippen LogP contribution in [0.15, 0.2) is 52.5 Å².